The molecule has 1 saturated carbocycles. The first kappa shape index (κ1) is 17.3. The van der Waals surface area contributed by atoms with Crippen molar-refractivity contribution in [2.45, 2.75) is 44.1 Å². The molecule has 3 heteroatoms. The average Bonchev–Trinajstić information content (AvgIpc) is 3.23. The second-order valence-electron chi connectivity index (χ2n) is 7.49. The molecule has 0 amide bonds. The Bertz CT molecular complexity index is 779. The summed E-state index contributed by atoms with van der Waals surface area (Å²) in [6.45, 7) is 2.68. The Kier molecular flexibility index (Phi) is 5.34. The van der Waals surface area contributed by atoms with E-state index in [0.717, 1.165) is 26.1 Å². The smallest absolute Gasteiger partial charge is 0.0991 e. The maximum Gasteiger partial charge on any atom is 0.0991 e. The van der Waals surface area contributed by atoms with Crippen LogP contribution in [0, 0.1) is 11.3 Å². The Morgan fingerprint density at radius 1 is 1.08 bits per heavy atom. The molecule has 1 N–H and O–H groups in total. The van der Waals surface area contributed by atoms with Crippen LogP contribution >= 0.6 is 0 Å². The van der Waals surface area contributed by atoms with Crippen molar-refractivity contribution in [1.82, 2.24) is 5.32 Å². The highest BCUT2D eigenvalue weighted by atomic mass is 16.5. The topological polar surface area (TPSA) is 45.0 Å². The van der Waals surface area contributed by atoms with E-state index in [4.69, 9.17) is 10.00 Å². The van der Waals surface area contributed by atoms with Crippen molar-refractivity contribution >= 4 is 0 Å². The monoisotopic (exact) mass is 346 g/mol. The summed E-state index contributed by atoms with van der Waals surface area (Å²) >= 11 is 0. The van der Waals surface area contributed by atoms with E-state index in [9.17, 15) is 0 Å². The molecule has 3 nitrogen and oxygen atoms in total. The van der Waals surface area contributed by atoms with Gasteiger partial charge in [-0.3, -0.25) is 0 Å². The molecule has 0 spiro atoms. The molecule has 2 aliphatic rings. The summed E-state index contributed by atoms with van der Waals surface area (Å²) in [4.78, 5) is 0. The van der Waals surface area contributed by atoms with Gasteiger partial charge in [0.2, 0.25) is 0 Å². The Labute approximate surface area is 156 Å². The van der Waals surface area contributed by atoms with Gasteiger partial charge < -0.3 is 10.1 Å². The average molecular weight is 346 g/mol. The van der Waals surface area contributed by atoms with Crippen LogP contribution in [0.1, 0.15) is 48.3 Å². The van der Waals surface area contributed by atoms with Crippen LogP contribution in [-0.4, -0.2) is 25.8 Å². The van der Waals surface area contributed by atoms with E-state index in [2.05, 4.69) is 41.7 Å². The van der Waals surface area contributed by atoms with Crippen LogP contribution in [0.25, 0.3) is 11.1 Å². The van der Waals surface area contributed by atoms with Crippen LogP contribution in [0.15, 0.2) is 42.5 Å². The van der Waals surface area contributed by atoms with Gasteiger partial charge in [0.05, 0.1) is 24.3 Å². The van der Waals surface area contributed by atoms with Crippen LogP contribution in [0.3, 0.4) is 0 Å². The van der Waals surface area contributed by atoms with Crippen molar-refractivity contribution in [3.05, 3.63) is 59.2 Å². The molecule has 0 radical (unpaired) electrons. The first-order valence-corrected chi connectivity index (χ1v) is 9.79. The third-order valence-electron chi connectivity index (χ3n) is 5.71. The fourth-order valence-corrected chi connectivity index (χ4v) is 4.31. The van der Waals surface area contributed by atoms with Crippen LogP contribution in [0.4, 0.5) is 0 Å². The Morgan fingerprint density at radius 2 is 1.88 bits per heavy atom. The molecule has 2 fully saturated rings. The van der Waals surface area contributed by atoms with Gasteiger partial charge in [0.25, 0.3) is 0 Å². The van der Waals surface area contributed by atoms with Crippen LogP contribution in [0.2, 0.25) is 0 Å². The van der Waals surface area contributed by atoms with Gasteiger partial charge >= 0.3 is 0 Å². The number of nitrogens with one attached hydrogen (secondary N) is 1. The summed E-state index contributed by atoms with van der Waals surface area (Å²) in [5.41, 5.74) is 6.07. The fourth-order valence-electron chi connectivity index (χ4n) is 4.31. The van der Waals surface area contributed by atoms with E-state index in [1.807, 2.05) is 12.1 Å². The number of ether oxygens (including phenoxy) is 1. The second kappa shape index (κ2) is 8.03. The maximum absolute atomic E-state index is 9.08. The van der Waals surface area contributed by atoms with Crippen molar-refractivity contribution in [3.8, 4) is 17.2 Å². The molecule has 2 aromatic rings. The summed E-state index contributed by atoms with van der Waals surface area (Å²) in [7, 11) is 0. The summed E-state index contributed by atoms with van der Waals surface area (Å²) in [6.07, 6.45) is 6.45. The molecular formula is C23H26N2O. The van der Waals surface area contributed by atoms with Gasteiger partial charge in [-0.15, -0.1) is 0 Å². The number of benzene rings is 2. The van der Waals surface area contributed by atoms with Crippen LogP contribution in [0.5, 0.6) is 0 Å². The van der Waals surface area contributed by atoms with Crippen molar-refractivity contribution in [2.75, 3.05) is 19.7 Å². The second-order valence-corrected chi connectivity index (χ2v) is 7.49. The standard InChI is InChI=1S/C23H26N2O/c24-15-17-5-8-20(9-6-17)23-14-18(13-21-16-25-11-12-26-21)7-10-22(23)19-3-1-2-4-19/h5-10,14,19,21,25H,1-4,11-13,16H2. The van der Waals surface area contributed by atoms with Gasteiger partial charge in [0.15, 0.2) is 0 Å². The zero-order valence-corrected chi connectivity index (χ0v) is 15.2. The molecule has 26 heavy (non-hydrogen) atoms. The van der Waals surface area contributed by atoms with Crippen molar-refractivity contribution in [2.24, 2.45) is 0 Å². The number of hydrogen-bond donors (Lipinski definition) is 1. The quantitative estimate of drug-likeness (QED) is 0.892. The first-order chi connectivity index (χ1) is 12.8. The highest BCUT2D eigenvalue weighted by molar-refractivity contribution is 5.69. The number of hydrogen-bond acceptors (Lipinski definition) is 3. The highest BCUT2D eigenvalue weighted by Crippen LogP contribution is 2.39. The van der Waals surface area contributed by atoms with Gasteiger partial charge in [0, 0.05) is 13.1 Å². The summed E-state index contributed by atoms with van der Waals surface area (Å²) < 4.78 is 5.89. The van der Waals surface area contributed by atoms with Crippen molar-refractivity contribution in [3.63, 3.8) is 0 Å². The Balaban J connectivity index is 1.66. The lowest BCUT2D eigenvalue weighted by Gasteiger charge is -2.24. The maximum atomic E-state index is 9.08. The molecule has 0 aromatic heterocycles. The number of rotatable bonds is 4. The lowest BCUT2D eigenvalue weighted by atomic mass is 9.87. The summed E-state index contributed by atoms with van der Waals surface area (Å²) in [5, 5.41) is 12.5. The van der Waals surface area contributed by atoms with E-state index in [0.29, 0.717) is 11.5 Å². The molecule has 0 bridgehead atoms. The molecule has 1 aliphatic heterocycles. The molecular weight excluding hydrogens is 320 g/mol. The number of nitrogens with zero attached hydrogens (tertiary/aromatic N) is 1. The molecule has 1 aliphatic carbocycles. The lowest BCUT2D eigenvalue weighted by Crippen LogP contribution is -2.39. The number of morpholine rings is 1. The SMILES string of the molecule is N#Cc1ccc(-c2cc(CC3CNCCO3)ccc2C2CCCC2)cc1. The van der Waals surface area contributed by atoms with Gasteiger partial charge in [0.1, 0.15) is 0 Å². The largest absolute Gasteiger partial charge is 0.375 e. The molecule has 1 heterocycles. The number of nitriles is 1. The predicted molar refractivity (Wildman–Crippen MR) is 104 cm³/mol. The van der Waals surface area contributed by atoms with E-state index < -0.39 is 0 Å². The Hall–Kier alpha value is -2.15. The van der Waals surface area contributed by atoms with Gasteiger partial charge in [-0.25, -0.2) is 0 Å². The van der Waals surface area contributed by atoms with Crippen LogP contribution < -0.4 is 5.32 Å². The molecule has 1 unspecified atom stereocenters. The minimum atomic E-state index is 0.259. The molecule has 4 rings (SSSR count). The van der Waals surface area contributed by atoms with Crippen LogP contribution in [-0.2, 0) is 11.2 Å². The van der Waals surface area contributed by atoms with E-state index in [1.54, 1.807) is 0 Å². The van der Waals surface area contributed by atoms with Gasteiger partial charge in [-0.05, 0) is 59.6 Å². The van der Waals surface area contributed by atoms with E-state index in [-0.39, 0.29) is 6.10 Å². The molecule has 2 aromatic carbocycles. The van der Waals surface area contributed by atoms with E-state index >= 15 is 0 Å². The zero-order valence-electron chi connectivity index (χ0n) is 15.2. The van der Waals surface area contributed by atoms with Gasteiger partial charge in [-0.1, -0.05) is 43.2 Å². The van der Waals surface area contributed by atoms with Crippen molar-refractivity contribution < 1.29 is 4.74 Å². The fraction of sp³-hybridized carbons (Fsp3) is 0.435. The minimum Gasteiger partial charge on any atom is -0.375 e. The first-order valence-electron chi connectivity index (χ1n) is 9.79. The third kappa shape index (κ3) is 3.82. The molecule has 134 valence electrons. The zero-order chi connectivity index (χ0) is 17.8. The predicted octanol–water partition coefficient (Wildman–Crippen LogP) is 4.41. The third-order valence-corrected chi connectivity index (χ3v) is 5.71. The minimum absolute atomic E-state index is 0.259. The molecule has 1 atom stereocenters. The molecule has 1 saturated heterocycles. The van der Waals surface area contributed by atoms with Crippen molar-refractivity contribution in [1.29, 1.82) is 5.26 Å². The van der Waals surface area contributed by atoms with E-state index in [1.165, 1.54) is 47.9 Å². The summed E-state index contributed by atoms with van der Waals surface area (Å²) in [6, 6.07) is 17.2. The lowest BCUT2D eigenvalue weighted by molar-refractivity contribution is 0.0292. The summed E-state index contributed by atoms with van der Waals surface area (Å²) in [5.74, 6) is 0.669. The highest BCUT2D eigenvalue weighted by Gasteiger charge is 2.21. The van der Waals surface area contributed by atoms with Gasteiger partial charge in [-0.2, -0.15) is 5.26 Å². The normalized spacial score (nSPS) is 20.8. The Morgan fingerprint density at radius 3 is 2.58 bits per heavy atom.